The summed E-state index contributed by atoms with van der Waals surface area (Å²) in [5.74, 6) is 0.640. The van der Waals surface area contributed by atoms with Gasteiger partial charge in [-0.1, -0.05) is 36.4 Å². The van der Waals surface area contributed by atoms with Crippen molar-refractivity contribution in [1.29, 1.82) is 0 Å². The Morgan fingerprint density at radius 2 is 1.82 bits per heavy atom. The number of hydrogen-bond acceptors (Lipinski definition) is 3. The minimum absolute atomic E-state index is 0.205. The molecule has 0 heterocycles. The first-order valence-corrected chi connectivity index (χ1v) is 9.18. The van der Waals surface area contributed by atoms with Crippen LogP contribution in [0.5, 0.6) is 11.5 Å². The molecule has 6 heteroatoms. The summed E-state index contributed by atoms with van der Waals surface area (Å²) in [4.78, 5) is 1.89. The molecule has 144 valence electrons. The van der Waals surface area contributed by atoms with Gasteiger partial charge in [0.05, 0.1) is 13.7 Å². The Labute approximate surface area is 169 Å². The molecule has 0 spiro atoms. The van der Waals surface area contributed by atoms with Crippen LogP contribution >= 0.6 is 12.2 Å². The Hall–Kier alpha value is -3.12. The molecule has 0 saturated heterocycles. The first-order chi connectivity index (χ1) is 13.6. The third-order valence-corrected chi connectivity index (χ3v) is 4.65. The first kappa shape index (κ1) is 19.6. The highest BCUT2D eigenvalue weighted by atomic mass is 32.1. The van der Waals surface area contributed by atoms with Gasteiger partial charge in [-0.3, -0.25) is 0 Å². The molecule has 0 unspecified atom stereocenters. The monoisotopic (exact) mass is 396 g/mol. The second-order valence-electron chi connectivity index (χ2n) is 6.20. The fraction of sp³-hybridized carbons (Fsp3) is 0.136. The lowest BCUT2D eigenvalue weighted by molar-refractivity contribution is 0.415. The van der Waals surface area contributed by atoms with Gasteiger partial charge in [0.1, 0.15) is 17.3 Å². The van der Waals surface area contributed by atoms with Gasteiger partial charge in [0.25, 0.3) is 0 Å². The van der Waals surface area contributed by atoms with Crippen LogP contribution in [-0.4, -0.2) is 17.3 Å². The third kappa shape index (κ3) is 4.98. The van der Waals surface area contributed by atoms with E-state index in [0.29, 0.717) is 24.0 Å². The van der Waals surface area contributed by atoms with Gasteiger partial charge in [-0.15, -0.1) is 0 Å². The van der Waals surface area contributed by atoms with Crippen LogP contribution in [0.2, 0.25) is 0 Å². The normalized spacial score (nSPS) is 10.4. The zero-order valence-corrected chi connectivity index (χ0v) is 16.2. The summed E-state index contributed by atoms with van der Waals surface area (Å²) in [6, 6.07) is 21.0. The van der Waals surface area contributed by atoms with E-state index >= 15 is 0 Å². The molecular weight excluding hydrogens is 375 g/mol. The lowest BCUT2D eigenvalue weighted by Crippen LogP contribution is -2.39. The maximum atomic E-state index is 13.1. The minimum Gasteiger partial charge on any atom is -0.508 e. The summed E-state index contributed by atoms with van der Waals surface area (Å²) in [5, 5.41) is 13.9. The van der Waals surface area contributed by atoms with E-state index in [1.807, 2.05) is 41.3 Å². The molecular formula is C22H21FN2O2S. The summed E-state index contributed by atoms with van der Waals surface area (Å²) in [7, 11) is 1.61. The number of phenols is 1. The maximum absolute atomic E-state index is 13.1. The van der Waals surface area contributed by atoms with E-state index in [-0.39, 0.29) is 11.6 Å². The van der Waals surface area contributed by atoms with Gasteiger partial charge in [-0.25, -0.2) is 4.39 Å². The van der Waals surface area contributed by atoms with Crippen molar-refractivity contribution >= 4 is 23.0 Å². The second-order valence-corrected chi connectivity index (χ2v) is 6.59. The number of phenolic OH excluding ortho intramolecular Hbond substituents is 1. The Balaban J connectivity index is 1.83. The van der Waals surface area contributed by atoms with Gasteiger partial charge in [0, 0.05) is 23.9 Å². The molecule has 4 nitrogen and oxygen atoms in total. The van der Waals surface area contributed by atoms with E-state index in [2.05, 4.69) is 5.32 Å². The van der Waals surface area contributed by atoms with Gasteiger partial charge in [-0.05, 0) is 48.1 Å². The van der Waals surface area contributed by atoms with Crippen molar-refractivity contribution in [3.8, 4) is 11.5 Å². The predicted octanol–water partition coefficient (Wildman–Crippen LogP) is 4.62. The van der Waals surface area contributed by atoms with Crippen molar-refractivity contribution in [3.05, 3.63) is 89.7 Å². The summed E-state index contributed by atoms with van der Waals surface area (Å²) in [5.41, 5.74) is 2.49. The summed E-state index contributed by atoms with van der Waals surface area (Å²) in [6.07, 6.45) is 0. The molecule has 0 radical (unpaired) electrons. The maximum Gasteiger partial charge on any atom is 0.174 e. The molecule has 3 rings (SSSR count). The molecule has 0 atom stereocenters. The lowest BCUT2D eigenvalue weighted by atomic mass is 10.1. The average Bonchev–Trinajstić information content (AvgIpc) is 2.72. The molecule has 3 aromatic carbocycles. The van der Waals surface area contributed by atoms with Crippen LogP contribution in [-0.2, 0) is 13.1 Å². The second kappa shape index (κ2) is 9.19. The van der Waals surface area contributed by atoms with Crippen LogP contribution in [0.25, 0.3) is 0 Å². The van der Waals surface area contributed by atoms with Crippen LogP contribution in [0.1, 0.15) is 11.1 Å². The number of nitrogens with one attached hydrogen (secondary N) is 1. The number of aromatic hydroxyl groups is 1. The topological polar surface area (TPSA) is 44.7 Å². The van der Waals surface area contributed by atoms with Crippen molar-refractivity contribution in [3.63, 3.8) is 0 Å². The first-order valence-electron chi connectivity index (χ1n) is 8.77. The molecule has 2 N–H and O–H groups in total. The zero-order valence-electron chi connectivity index (χ0n) is 15.4. The number of thiocarbonyl (C=S) groups is 1. The van der Waals surface area contributed by atoms with Crippen molar-refractivity contribution in [2.24, 2.45) is 0 Å². The fourth-order valence-electron chi connectivity index (χ4n) is 2.75. The quantitative estimate of drug-likeness (QED) is 0.595. The zero-order chi connectivity index (χ0) is 19.9. The number of rotatable bonds is 6. The van der Waals surface area contributed by atoms with Gasteiger partial charge < -0.3 is 20.1 Å². The fourth-order valence-corrected chi connectivity index (χ4v) is 2.99. The smallest absolute Gasteiger partial charge is 0.174 e. The molecule has 0 aliphatic rings. The highest BCUT2D eigenvalue weighted by Crippen LogP contribution is 2.25. The molecule has 0 saturated carbocycles. The summed E-state index contributed by atoms with van der Waals surface area (Å²) >= 11 is 5.62. The molecule has 0 aliphatic heterocycles. The summed E-state index contributed by atoms with van der Waals surface area (Å²) < 4.78 is 18.4. The SMILES string of the molecule is COc1cccc(N(Cc2ccccc2O)C(=S)NCc2ccc(F)cc2)c1. The van der Waals surface area contributed by atoms with Crippen molar-refractivity contribution in [2.75, 3.05) is 12.0 Å². The molecule has 0 aliphatic carbocycles. The Morgan fingerprint density at radius 3 is 2.54 bits per heavy atom. The highest BCUT2D eigenvalue weighted by molar-refractivity contribution is 7.80. The molecule has 0 fully saturated rings. The standard InChI is InChI=1S/C22H21FN2O2S/c1-27-20-7-4-6-19(13-20)25(15-17-5-2-3-8-21(17)26)22(28)24-14-16-9-11-18(23)12-10-16/h2-13,26H,14-15H2,1H3,(H,24,28). The molecule has 3 aromatic rings. The van der Waals surface area contributed by atoms with Gasteiger partial charge in [0.15, 0.2) is 5.11 Å². The third-order valence-electron chi connectivity index (χ3n) is 4.29. The molecule has 28 heavy (non-hydrogen) atoms. The van der Waals surface area contributed by atoms with E-state index in [1.54, 1.807) is 31.4 Å². The number of ether oxygens (including phenoxy) is 1. The van der Waals surface area contributed by atoms with Crippen LogP contribution in [0.15, 0.2) is 72.8 Å². The average molecular weight is 396 g/mol. The highest BCUT2D eigenvalue weighted by Gasteiger charge is 2.15. The number of benzene rings is 3. The van der Waals surface area contributed by atoms with Crippen LogP contribution in [0, 0.1) is 5.82 Å². The van der Waals surface area contributed by atoms with Crippen molar-refractivity contribution < 1.29 is 14.2 Å². The number of methoxy groups -OCH3 is 1. The van der Waals surface area contributed by atoms with Crippen LogP contribution in [0.3, 0.4) is 0 Å². The van der Waals surface area contributed by atoms with E-state index in [0.717, 1.165) is 16.8 Å². The van der Waals surface area contributed by atoms with Crippen LogP contribution in [0.4, 0.5) is 10.1 Å². The lowest BCUT2D eigenvalue weighted by Gasteiger charge is -2.27. The summed E-state index contributed by atoms with van der Waals surface area (Å²) in [6.45, 7) is 0.843. The number of hydrogen-bond donors (Lipinski definition) is 2. The molecule has 0 amide bonds. The number of nitrogens with zero attached hydrogens (tertiary/aromatic N) is 1. The number of halogens is 1. The largest absolute Gasteiger partial charge is 0.508 e. The van der Waals surface area contributed by atoms with Gasteiger partial charge in [0.2, 0.25) is 0 Å². The molecule has 0 bridgehead atoms. The van der Waals surface area contributed by atoms with E-state index < -0.39 is 0 Å². The van der Waals surface area contributed by atoms with E-state index in [1.165, 1.54) is 12.1 Å². The van der Waals surface area contributed by atoms with E-state index in [4.69, 9.17) is 17.0 Å². The number of para-hydroxylation sites is 1. The minimum atomic E-state index is -0.274. The van der Waals surface area contributed by atoms with Crippen molar-refractivity contribution in [1.82, 2.24) is 5.32 Å². The predicted molar refractivity (Wildman–Crippen MR) is 113 cm³/mol. The number of anilines is 1. The van der Waals surface area contributed by atoms with Gasteiger partial charge >= 0.3 is 0 Å². The van der Waals surface area contributed by atoms with E-state index in [9.17, 15) is 9.50 Å². The Morgan fingerprint density at radius 1 is 1.07 bits per heavy atom. The molecule has 0 aromatic heterocycles. The van der Waals surface area contributed by atoms with Gasteiger partial charge in [-0.2, -0.15) is 0 Å². The Kier molecular flexibility index (Phi) is 6.45. The van der Waals surface area contributed by atoms with Crippen molar-refractivity contribution in [2.45, 2.75) is 13.1 Å². The van der Waals surface area contributed by atoms with Crippen LogP contribution < -0.4 is 15.0 Å². The Bertz CT molecular complexity index is 947.